The van der Waals surface area contributed by atoms with E-state index in [0.717, 1.165) is 21.9 Å². The van der Waals surface area contributed by atoms with Crippen LogP contribution in [0, 0.1) is 17.4 Å². The van der Waals surface area contributed by atoms with E-state index in [9.17, 15) is 0 Å². The Morgan fingerprint density at radius 2 is 1.95 bits per heavy atom. The highest BCUT2D eigenvalue weighted by atomic mass is 127. The van der Waals surface area contributed by atoms with E-state index in [-0.39, 0.29) is 0 Å². The second-order valence-electron chi connectivity index (χ2n) is 4.91. The van der Waals surface area contributed by atoms with Gasteiger partial charge >= 0.3 is 0 Å². The van der Waals surface area contributed by atoms with E-state index in [4.69, 9.17) is 0 Å². The van der Waals surface area contributed by atoms with Crippen LogP contribution in [0.2, 0.25) is 0 Å². The highest BCUT2D eigenvalue weighted by molar-refractivity contribution is 14.1. The second kappa shape index (κ2) is 5.77. The van der Waals surface area contributed by atoms with E-state index in [0.29, 0.717) is 0 Å². The zero-order valence-corrected chi connectivity index (χ0v) is 14.4. The van der Waals surface area contributed by atoms with Crippen molar-refractivity contribution in [1.82, 2.24) is 9.97 Å². The quantitative estimate of drug-likeness (QED) is 0.496. The molecule has 0 saturated heterocycles. The molecule has 2 aromatic carbocycles. The molecular weight excluding hydrogens is 379 g/mol. The molecule has 0 aliphatic carbocycles. The monoisotopic (exact) mass is 394 g/mol. The molecule has 0 atom stereocenters. The zero-order valence-electron chi connectivity index (χ0n) is 11.4. The smallest absolute Gasteiger partial charge is 0.166 e. The topological polar surface area (TPSA) is 28.7 Å². The first-order valence-corrected chi connectivity index (χ1v) is 8.52. The van der Waals surface area contributed by atoms with Crippen molar-refractivity contribution < 1.29 is 0 Å². The summed E-state index contributed by atoms with van der Waals surface area (Å²) >= 11 is 4.10. The number of aromatic nitrogens is 2. The lowest BCUT2D eigenvalue weighted by molar-refractivity contribution is 1.08. The van der Waals surface area contributed by atoms with Gasteiger partial charge in [-0.05, 0) is 77.4 Å². The molecule has 1 N–H and O–H groups in total. The minimum absolute atomic E-state index is 0.939. The molecule has 0 aliphatic rings. The van der Waals surface area contributed by atoms with Crippen LogP contribution < -0.4 is 0 Å². The number of aryl methyl sites for hydroxylation is 2. The number of nitrogens with one attached hydrogen (secondary N) is 1. The van der Waals surface area contributed by atoms with Crippen LogP contribution in [-0.4, -0.2) is 9.97 Å². The van der Waals surface area contributed by atoms with Crippen LogP contribution in [0.3, 0.4) is 0 Å². The molecule has 0 saturated carbocycles. The molecule has 3 aromatic rings. The average molecular weight is 394 g/mol. The standard InChI is InChI=1S/C16H15IN2S/c1-10-6-14-15(7-11(10)2)19-16(18-14)20-9-12-4-3-5-13(17)8-12/h3-8H,9H2,1-2H3,(H,18,19). The zero-order chi connectivity index (χ0) is 14.1. The van der Waals surface area contributed by atoms with E-state index in [2.05, 4.69) is 82.8 Å². The minimum Gasteiger partial charge on any atom is -0.333 e. The lowest BCUT2D eigenvalue weighted by Crippen LogP contribution is -1.82. The molecule has 1 heterocycles. The molecule has 0 fully saturated rings. The number of aromatic amines is 1. The number of H-pyrrole nitrogens is 1. The molecule has 0 amide bonds. The maximum Gasteiger partial charge on any atom is 0.166 e. The SMILES string of the molecule is Cc1cc2nc(SCc3cccc(I)c3)[nH]c2cc1C. The first kappa shape index (κ1) is 13.9. The number of thioether (sulfide) groups is 1. The first-order chi connectivity index (χ1) is 9.61. The van der Waals surface area contributed by atoms with Gasteiger partial charge in [0.15, 0.2) is 5.16 Å². The number of hydrogen-bond acceptors (Lipinski definition) is 2. The Morgan fingerprint density at radius 3 is 2.75 bits per heavy atom. The Morgan fingerprint density at radius 1 is 1.15 bits per heavy atom. The summed E-state index contributed by atoms with van der Waals surface area (Å²) in [6, 6.07) is 12.9. The fourth-order valence-corrected chi connectivity index (χ4v) is 3.53. The number of hydrogen-bond donors (Lipinski definition) is 1. The van der Waals surface area contributed by atoms with Gasteiger partial charge in [0.05, 0.1) is 11.0 Å². The molecule has 4 heteroatoms. The van der Waals surface area contributed by atoms with Crippen LogP contribution in [0.1, 0.15) is 16.7 Å². The summed E-state index contributed by atoms with van der Waals surface area (Å²) in [6.07, 6.45) is 0. The van der Waals surface area contributed by atoms with E-state index < -0.39 is 0 Å². The highest BCUT2D eigenvalue weighted by Gasteiger charge is 2.06. The Hall–Kier alpha value is -1.01. The molecule has 20 heavy (non-hydrogen) atoms. The summed E-state index contributed by atoms with van der Waals surface area (Å²) in [4.78, 5) is 8.06. The number of nitrogens with zero attached hydrogens (tertiary/aromatic N) is 1. The van der Waals surface area contributed by atoms with E-state index in [1.165, 1.54) is 20.3 Å². The third-order valence-electron chi connectivity index (χ3n) is 3.34. The largest absolute Gasteiger partial charge is 0.333 e. The summed E-state index contributed by atoms with van der Waals surface area (Å²) in [7, 11) is 0. The molecule has 0 bridgehead atoms. The Kier molecular flexibility index (Phi) is 4.03. The third kappa shape index (κ3) is 3.01. The van der Waals surface area contributed by atoms with Gasteiger partial charge < -0.3 is 4.98 Å². The molecule has 102 valence electrons. The summed E-state index contributed by atoms with van der Waals surface area (Å²) in [6.45, 7) is 4.26. The first-order valence-electron chi connectivity index (χ1n) is 6.46. The maximum absolute atomic E-state index is 4.66. The van der Waals surface area contributed by atoms with Crippen molar-refractivity contribution in [3.63, 3.8) is 0 Å². The van der Waals surface area contributed by atoms with Gasteiger partial charge in [-0.2, -0.15) is 0 Å². The molecule has 2 nitrogen and oxygen atoms in total. The molecule has 0 spiro atoms. The normalized spacial score (nSPS) is 11.2. The van der Waals surface area contributed by atoms with Crippen molar-refractivity contribution in [2.75, 3.05) is 0 Å². The van der Waals surface area contributed by atoms with Crippen molar-refractivity contribution in [2.45, 2.75) is 24.8 Å². The lowest BCUT2D eigenvalue weighted by Gasteiger charge is -1.99. The second-order valence-corrected chi connectivity index (χ2v) is 7.12. The van der Waals surface area contributed by atoms with Crippen LogP contribution >= 0.6 is 34.4 Å². The van der Waals surface area contributed by atoms with E-state index in [1.54, 1.807) is 11.8 Å². The number of imidazole rings is 1. The molecular formula is C16H15IN2S. The Balaban J connectivity index is 1.81. The van der Waals surface area contributed by atoms with Gasteiger partial charge in [-0.1, -0.05) is 23.9 Å². The van der Waals surface area contributed by atoms with Gasteiger partial charge in [0, 0.05) is 9.32 Å². The van der Waals surface area contributed by atoms with Crippen molar-refractivity contribution in [2.24, 2.45) is 0 Å². The van der Waals surface area contributed by atoms with Crippen LogP contribution in [0.5, 0.6) is 0 Å². The molecule has 3 rings (SSSR count). The fourth-order valence-electron chi connectivity index (χ4n) is 2.09. The Labute approximate surface area is 136 Å². The van der Waals surface area contributed by atoms with Gasteiger partial charge in [0.1, 0.15) is 0 Å². The third-order valence-corrected chi connectivity index (χ3v) is 4.96. The maximum atomic E-state index is 4.66. The number of halogens is 1. The minimum atomic E-state index is 0.939. The van der Waals surface area contributed by atoms with Crippen molar-refractivity contribution in [3.05, 3.63) is 56.7 Å². The van der Waals surface area contributed by atoms with Gasteiger partial charge in [0.25, 0.3) is 0 Å². The molecule has 0 unspecified atom stereocenters. The summed E-state index contributed by atoms with van der Waals surface area (Å²) in [5.74, 6) is 0.939. The number of rotatable bonds is 3. The highest BCUT2D eigenvalue weighted by Crippen LogP contribution is 2.25. The lowest BCUT2D eigenvalue weighted by atomic mass is 10.1. The van der Waals surface area contributed by atoms with Gasteiger partial charge in [-0.15, -0.1) is 0 Å². The van der Waals surface area contributed by atoms with E-state index >= 15 is 0 Å². The van der Waals surface area contributed by atoms with Crippen LogP contribution in [-0.2, 0) is 5.75 Å². The molecule has 1 aromatic heterocycles. The van der Waals surface area contributed by atoms with Crippen molar-refractivity contribution in [1.29, 1.82) is 0 Å². The number of fused-ring (bicyclic) bond motifs is 1. The van der Waals surface area contributed by atoms with Crippen LogP contribution in [0.15, 0.2) is 41.6 Å². The summed E-state index contributed by atoms with van der Waals surface area (Å²) in [5, 5.41) is 0.990. The Bertz CT molecular complexity index is 725. The number of benzene rings is 2. The van der Waals surface area contributed by atoms with Crippen LogP contribution in [0.4, 0.5) is 0 Å². The summed E-state index contributed by atoms with van der Waals surface area (Å²) < 4.78 is 1.27. The van der Waals surface area contributed by atoms with Crippen molar-refractivity contribution in [3.8, 4) is 0 Å². The summed E-state index contributed by atoms with van der Waals surface area (Å²) in [5.41, 5.74) is 6.10. The van der Waals surface area contributed by atoms with E-state index in [1.807, 2.05) is 0 Å². The van der Waals surface area contributed by atoms with Gasteiger partial charge in [0.2, 0.25) is 0 Å². The molecule has 0 aliphatic heterocycles. The van der Waals surface area contributed by atoms with Gasteiger partial charge in [-0.25, -0.2) is 4.98 Å². The van der Waals surface area contributed by atoms with Crippen molar-refractivity contribution >= 4 is 45.4 Å². The molecule has 0 radical (unpaired) electrons. The van der Waals surface area contributed by atoms with Crippen LogP contribution in [0.25, 0.3) is 11.0 Å². The predicted octanol–water partition coefficient (Wildman–Crippen LogP) is 5.08. The van der Waals surface area contributed by atoms with Gasteiger partial charge in [-0.3, -0.25) is 0 Å². The predicted molar refractivity (Wildman–Crippen MR) is 94.3 cm³/mol. The fraction of sp³-hybridized carbons (Fsp3) is 0.188. The average Bonchev–Trinajstić information content (AvgIpc) is 2.79.